The summed E-state index contributed by atoms with van der Waals surface area (Å²) >= 11 is 0. The number of imide groups is 1. The van der Waals surface area contributed by atoms with Crippen molar-refractivity contribution in [2.45, 2.75) is 51.0 Å². The number of rotatable bonds is 8. The molecule has 268 valence electrons. The van der Waals surface area contributed by atoms with Gasteiger partial charge in [0.05, 0.1) is 31.5 Å². The van der Waals surface area contributed by atoms with Crippen molar-refractivity contribution in [1.29, 1.82) is 0 Å². The highest BCUT2D eigenvalue weighted by atomic mass is 16.7. The van der Waals surface area contributed by atoms with Gasteiger partial charge in [-0.3, -0.25) is 24.6 Å². The smallest absolute Gasteiger partial charge is 0.255 e. The summed E-state index contributed by atoms with van der Waals surface area (Å²) in [5.74, 6) is 0.638. The number of hydrogen-bond acceptors (Lipinski definition) is 11. The van der Waals surface area contributed by atoms with Crippen LogP contribution in [-0.2, 0) is 22.7 Å². The zero-order valence-electron chi connectivity index (χ0n) is 29.3. The van der Waals surface area contributed by atoms with Crippen LogP contribution in [0, 0.1) is 5.41 Å². The van der Waals surface area contributed by atoms with E-state index in [9.17, 15) is 19.5 Å². The summed E-state index contributed by atoms with van der Waals surface area (Å²) in [6, 6.07) is 9.46. The normalized spacial score (nSPS) is 22.7. The number of likely N-dealkylation sites (tertiary alicyclic amines) is 1. The molecule has 8 rings (SSSR count). The number of aliphatic hydroxyl groups excluding tert-OH is 1. The second-order valence-corrected chi connectivity index (χ2v) is 14.3. The molecule has 14 nitrogen and oxygen atoms in total. The van der Waals surface area contributed by atoms with E-state index in [4.69, 9.17) is 14.3 Å². The number of amides is 3. The Hall–Kier alpha value is -5.08. The third kappa shape index (κ3) is 5.66. The van der Waals surface area contributed by atoms with Crippen molar-refractivity contribution >= 4 is 29.0 Å². The van der Waals surface area contributed by atoms with Crippen LogP contribution in [0.5, 0.6) is 11.5 Å². The lowest BCUT2D eigenvalue weighted by Gasteiger charge is -2.55. The Kier molecular flexibility index (Phi) is 8.18. The fraction of sp³-hybridized carbons (Fsp3) is 0.459. The quantitative estimate of drug-likeness (QED) is 0.335. The molecule has 6 heterocycles. The highest BCUT2D eigenvalue weighted by Gasteiger charge is 2.46. The van der Waals surface area contributed by atoms with Crippen molar-refractivity contribution in [3.05, 3.63) is 76.2 Å². The molecule has 1 aromatic heterocycles. The van der Waals surface area contributed by atoms with Crippen LogP contribution in [0.3, 0.4) is 0 Å². The number of methoxy groups -OCH3 is 2. The zero-order chi connectivity index (χ0) is 35.6. The Morgan fingerprint density at radius 1 is 1.02 bits per heavy atom. The van der Waals surface area contributed by atoms with Crippen LogP contribution in [0.15, 0.2) is 42.7 Å². The molecule has 5 aliphatic rings. The van der Waals surface area contributed by atoms with Crippen molar-refractivity contribution in [2.24, 2.45) is 5.41 Å². The van der Waals surface area contributed by atoms with Crippen LogP contribution in [-0.4, -0.2) is 108 Å². The maximum atomic E-state index is 13.4. The van der Waals surface area contributed by atoms with Gasteiger partial charge in [0.1, 0.15) is 30.3 Å². The molecule has 0 aliphatic carbocycles. The Morgan fingerprint density at radius 2 is 1.75 bits per heavy atom. The molecular formula is C37H43N7O7. The maximum absolute atomic E-state index is 13.4. The molecule has 3 aromatic rings. The average molecular weight is 698 g/mol. The van der Waals surface area contributed by atoms with Crippen molar-refractivity contribution in [1.82, 2.24) is 30.0 Å². The van der Waals surface area contributed by atoms with Crippen molar-refractivity contribution in [2.75, 3.05) is 59.5 Å². The summed E-state index contributed by atoms with van der Waals surface area (Å²) in [5.41, 5.74) is 6.78. The molecule has 3 fully saturated rings. The first kappa shape index (κ1) is 33.1. The lowest BCUT2D eigenvalue weighted by atomic mass is 9.71. The minimum absolute atomic E-state index is 0.142. The molecule has 2 atom stereocenters. The fourth-order valence-electron chi connectivity index (χ4n) is 8.33. The van der Waals surface area contributed by atoms with Gasteiger partial charge in [0.25, 0.3) is 5.91 Å². The Balaban J connectivity index is 0.919. The van der Waals surface area contributed by atoms with Gasteiger partial charge in [-0.05, 0) is 67.7 Å². The van der Waals surface area contributed by atoms with Crippen molar-refractivity contribution in [3.63, 3.8) is 0 Å². The maximum Gasteiger partial charge on any atom is 0.255 e. The van der Waals surface area contributed by atoms with E-state index in [0.717, 1.165) is 78.5 Å². The molecule has 0 bridgehead atoms. The molecule has 3 saturated heterocycles. The van der Waals surface area contributed by atoms with Crippen LogP contribution in [0.25, 0.3) is 5.57 Å². The molecule has 1 spiro atoms. The van der Waals surface area contributed by atoms with Gasteiger partial charge in [-0.1, -0.05) is 6.07 Å². The number of anilines is 1. The lowest BCUT2D eigenvalue weighted by Crippen LogP contribution is -2.60. The third-order valence-electron chi connectivity index (χ3n) is 11.3. The molecule has 2 aromatic carbocycles. The number of aliphatic hydroxyl groups is 1. The molecule has 14 heteroatoms. The number of hydrogen-bond donors (Lipinski definition) is 2. The molecule has 51 heavy (non-hydrogen) atoms. The van der Waals surface area contributed by atoms with Gasteiger partial charge >= 0.3 is 0 Å². The van der Waals surface area contributed by atoms with Gasteiger partial charge in [-0.25, -0.2) is 0 Å². The number of benzene rings is 2. The van der Waals surface area contributed by atoms with Crippen LogP contribution in [0.4, 0.5) is 5.69 Å². The molecule has 3 amide bonds. The summed E-state index contributed by atoms with van der Waals surface area (Å²) in [6.45, 7) is 4.83. The highest BCUT2D eigenvalue weighted by molar-refractivity contribution is 6.05. The molecule has 0 radical (unpaired) electrons. The number of carbonyl (C=O) groups excluding carboxylic acids is 3. The Labute approximate surface area is 296 Å². The van der Waals surface area contributed by atoms with Crippen LogP contribution < -0.4 is 24.5 Å². The van der Waals surface area contributed by atoms with Crippen LogP contribution in [0.2, 0.25) is 0 Å². The highest BCUT2D eigenvalue weighted by Crippen LogP contribution is 2.45. The standard InChI is InChI=1S/C37H43N7O7/c1-40-17-26(33-28(35(40)47)19-44(39-33)51-4)23-13-30(49-2)27(31(14-23)50-3)18-41-11-9-37(10-12-41)20-42(21-37)24-6-5-22-16-43(36(48)25(22)15-24)29-7-8-32(45)38-34(29)46/h5-6,13-15,17,19,29,35,47H,7-12,16,18,20-21H2,1-4H3,(H,38,45,46). The van der Waals surface area contributed by atoms with E-state index in [1.54, 1.807) is 30.2 Å². The molecule has 2 unspecified atom stereocenters. The van der Waals surface area contributed by atoms with E-state index >= 15 is 0 Å². The number of piperidine rings is 2. The number of ether oxygens (including phenoxy) is 2. The molecule has 2 N–H and O–H groups in total. The van der Waals surface area contributed by atoms with Gasteiger partial charge < -0.3 is 34.1 Å². The van der Waals surface area contributed by atoms with E-state index in [2.05, 4.69) is 26.3 Å². The Morgan fingerprint density at radius 3 is 2.41 bits per heavy atom. The van der Waals surface area contributed by atoms with Gasteiger partial charge in [-0.15, -0.1) is 9.94 Å². The van der Waals surface area contributed by atoms with Crippen LogP contribution in [0.1, 0.15) is 70.2 Å². The average Bonchev–Trinajstić information content (AvgIpc) is 3.70. The van der Waals surface area contributed by atoms with Gasteiger partial charge in [0.15, 0.2) is 6.23 Å². The number of nitrogens with zero attached hydrogens (tertiary/aromatic N) is 6. The van der Waals surface area contributed by atoms with Gasteiger partial charge in [-0.2, -0.15) is 0 Å². The number of aromatic nitrogens is 2. The number of fused-ring (bicyclic) bond motifs is 2. The first-order valence-corrected chi connectivity index (χ1v) is 17.4. The number of carbonyl (C=O) groups is 3. The fourth-order valence-corrected chi connectivity index (χ4v) is 8.33. The van der Waals surface area contributed by atoms with Gasteiger partial charge in [0.2, 0.25) is 11.8 Å². The van der Waals surface area contributed by atoms with Gasteiger partial charge in [0, 0.05) is 68.1 Å². The largest absolute Gasteiger partial charge is 0.496 e. The topological polar surface area (TPSA) is 142 Å². The summed E-state index contributed by atoms with van der Waals surface area (Å²) < 4.78 is 11.9. The minimum Gasteiger partial charge on any atom is -0.496 e. The lowest BCUT2D eigenvalue weighted by molar-refractivity contribution is -0.136. The minimum atomic E-state index is -0.837. The zero-order valence-corrected chi connectivity index (χ0v) is 29.3. The SMILES string of the molecule is COc1cc(C2=CN(C)C(O)c3cn(OC)nc32)cc(OC)c1CN1CCC2(CC1)CN(c1ccc3c(c1)C(=O)N(C1CCC(=O)NC1=O)C3)C2. The first-order valence-electron chi connectivity index (χ1n) is 17.4. The van der Waals surface area contributed by atoms with E-state index in [-0.39, 0.29) is 29.6 Å². The van der Waals surface area contributed by atoms with E-state index in [1.807, 2.05) is 37.5 Å². The molecular weight excluding hydrogens is 654 g/mol. The Bertz CT molecular complexity index is 1920. The van der Waals surface area contributed by atoms with Crippen LogP contribution >= 0.6 is 0 Å². The first-order chi connectivity index (χ1) is 24.6. The van der Waals surface area contributed by atoms with Crippen molar-refractivity contribution in [3.8, 4) is 11.5 Å². The second-order valence-electron chi connectivity index (χ2n) is 14.3. The van der Waals surface area contributed by atoms with Crippen molar-refractivity contribution < 1.29 is 33.8 Å². The predicted octanol–water partition coefficient (Wildman–Crippen LogP) is 2.15. The summed E-state index contributed by atoms with van der Waals surface area (Å²) in [6.07, 6.45) is 5.45. The summed E-state index contributed by atoms with van der Waals surface area (Å²) in [5, 5.41) is 17.7. The predicted molar refractivity (Wildman–Crippen MR) is 186 cm³/mol. The third-order valence-corrected chi connectivity index (χ3v) is 11.3. The number of nitrogens with one attached hydrogen (secondary N) is 1. The summed E-state index contributed by atoms with van der Waals surface area (Å²) in [4.78, 5) is 52.2. The monoisotopic (exact) mass is 697 g/mol. The van der Waals surface area contributed by atoms with E-state index in [0.29, 0.717) is 36.3 Å². The molecule has 0 saturated carbocycles. The van der Waals surface area contributed by atoms with E-state index < -0.39 is 12.3 Å². The summed E-state index contributed by atoms with van der Waals surface area (Å²) in [7, 11) is 6.69. The van der Waals surface area contributed by atoms with E-state index in [1.165, 1.54) is 12.0 Å². The molecule has 5 aliphatic heterocycles. The second kappa shape index (κ2) is 12.6.